The number of hydrogen-bond acceptors (Lipinski definition) is 5. The van der Waals surface area contributed by atoms with E-state index in [4.69, 9.17) is 9.47 Å². The summed E-state index contributed by atoms with van der Waals surface area (Å²) in [4.78, 5) is 5.11. The minimum atomic E-state index is 0.602. The SMILES string of the molecule is CCn1cc(CN2CCCC(N(C)CCc3ccc(OC)c(OC)c3)C2)c(C)n1. The van der Waals surface area contributed by atoms with Gasteiger partial charge in [-0.05, 0) is 64.4 Å². The molecule has 0 amide bonds. The van der Waals surface area contributed by atoms with Crippen LogP contribution in [0.3, 0.4) is 0 Å². The molecule has 2 aromatic rings. The third-order valence-corrected chi connectivity index (χ3v) is 6.07. The fourth-order valence-electron chi connectivity index (χ4n) is 4.18. The van der Waals surface area contributed by atoms with E-state index in [1.807, 2.05) is 10.7 Å². The van der Waals surface area contributed by atoms with Gasteiger partial charge < -0.3 is 14.4 Å². The van der Waals surface area contributed by atoms with Crippen molar-refractivity contribution in [2.24, 2.45) is 0 Å². The standard InChI is InChI=1S/C23H36N4O2/c1-6-27-16-20(18(2)24-27)15-26-12-7-8-21(17-26)25(3)13-11-19-9-10-22(28-4)23(14-19)29-5/h9-10,14,16,21H,6-8,11-13,15,17H2,1-5H3. The summed E-state index contributed by atoms with van der Waals surface area (Å²) in [5, 5.41) is 4.60. The highest BCUT2D eigenvalue weighted by Gasteiger charge is 2.24. The summed E-state index contributed by atoms with van der Waals surface area (Å²) in [6.07, 6.45) is 5.74. The number of aromatic nitrogens is 2. The number of aryl methyl sites for hydroxylation is 2. The highest BCUT2D eigenvalue weighted by molar-refractivity contribution is 5.42. The first-order valence-corrected chi connectivity index (χ1v) is 10.7. The Kier molecular flexibility index (Phi) is 7.56. The van der Waals surface area contributed by atoms with Crippen molar-refractivity contribution in [3.05, 3.63) is 41.2 Å². The van der Waals surface area contributed by atoms with Crippen LogP contribution in [-0.4, -0.2) is 66.5 Å². The van der Waals surface area contributed by atoms with Crippen molar-refractivity contribution >= 4 is 0 Å². The Balaban J connectivity index is 1.54. The van der Waals surface area contributed by atoms with Gasteiger partial charge in [0.05, 0.1) is 19.9 Å². The molecule has 0 spiro atoms. The van der Waals surface area contributed by atoms with Crippen LogP contribution in [0.1, 0.15) is 36.6 Å². The van der Waals surface area contributed by atoms with E-state index >= 15 is 0 Å². The number of likely N-dealkylation sites (tertiary alicyclic amines) is 1. The van der Waals surface area contributed by atoms with Crippen LogP contribution in [0.15, 0.2) is 24.4 Å². The Morgan fingerprint density at radius 2 is 2.00 bits per heavy atom. The lowest BCUT2D eigenvalue weighted by Gasteiger charge is -2.37. The van der Waals surface area contributed by atoms with Crippen LogP contribution in [-0.2, 0) is 19.5 Å². The number of likely N-dealkylation sites (N-methyl/N-ethyl adjacent to an activating group) is 1. The van der Waals surface area contributed by atoms with Crippen LogP contribution < -0.4 is 9.47 Å². The normalized spacial score (nSPS) is 17.7. The van der Waals surface area contributed by atoms with Crippen LogP contribution in [0.2, 0.25) is 0 Å². The molecule has 1 saturated heterocycles. The first-order chi connectivity index (χ1) is 14.0. The third kappa shape index (κ3) is 5.52. The lowest BCUT2D eigenvalue weighted by Crippen LogP contribution is -2.46. The first kappa shape index (κ1) is 21.7. The van der Waals surface area contributed by atoms with Crippen molar-refractivity contribution in [3.8, 4) is 11.5 Å². The second-order valence-corrected chi connectivity index (χ2v) is 8.05. The zero-order chi connectivity index (χ0) is 20.8. The topological polar surface area (TPSA) is 42.8 Å². The minimum Gasteiger partial charge on any atom is -0.493 e. The third-order valence-electron chi connectivity index (χ3n) is 6.07. The summed E-state index contributed by atoms with van der Waals surface area (Å²) < 4.78 is 12.8. The van der Waals surface area contributed by atoms with E-state index in [2.05, 4.69) is 54.1 Å². The molecular formula is C23H36N4O2. The van der Waals surface area contributed by atoms with Crippen LogP contribution in [0, 0.1) is 6.92 Å². The number of rotatable bonds is 9. The Morgan fingerprint density at radius 3 is 2.69 bits per heavy atom. The van der Waals surface area contributed by atoms with Crippen molar-refractivity contribution in [1.29, 1.82) is 0 Å². The molecule has 2 heterocycles. The van der Waals surface area contributed by atoms with E-state index in [0.717, 1.165) is 49.8 Å². The average Bonchev–Trinajstić information content (AvgIpc) is 3.11. The molecule has 1 atom stereocenters. The molecule has 0 saturated carbocycles. The summed E-state index contributed by atoms with van der Waals surface area (Å²) in [5.74, 6) is 1.59. The first-order valence-electron chi connectivity index (χ1n) is 10.7. The van der Waals surface area contributed by atoms with Gasteiger partial charge in [0.15, 0.2) is 11.5 Å². The predicted molar refractivity (Wildman–Crippen MR) is 117 cm³/mol. The van der Waals surface area contributed by atoms with Gasteiger partial charge in [-0.1, -0.05) is 6.07 Å². The zero-order valence-electron chi connectivity index (χ0n) is 18.6. The molecular weight excluding hydrogens is 364 g/mol. The molecule has 1 aromatic heterocycles. The molecule has 6 heteroatoms. The van der Waals surface area contributed by atoms with Crippen molar-refractivity contribution in [2.75, 3.05) is 40.9 Å². The van der Waals surface area contributed by atoms with Crippen LogP contribution >= 0.6 is 0 Å². The second kappa shape index (κ2) is 10.1. The number of piperidine rings is 1. The van der Waals surface area contributed by atoms with Gasteiger partial charge in [-0.3, -0.25) is 9.58 Å². The number of nitrogens with zero attached hydrogens (tertiary/aromatic N) is 4. The maximum atomic E-state index is 5.44. The highest BCUT2D eigenvalue weighted by Crippen LogP contribution is 2.28. The van der Waals surface area contributed by atoms with Gasteiger partial charge in [0, 0.05) is 44.0 Å². The molecule has 0 aliphatic carbocycles. The van der Waals surface area contributed by atoms with Crippen molar-refractivity contribution < 1.29 is 9.47 Å². The molecule has 0 bridgehead atoms. The molecule has 1 fully saturated rings. The van der Waals surface area contributed by atoms with E-state index in [1.165, 1.54) is 30.5 Å². The van der Waals surface area contributed by atoms with Gasteiger partial charge in [-0.25, -0.2) is 0 Å². The van der Waals surface area contributed by atoms with Gasteiger partial charge in [0.1, 0.15) is 0 Å². The summed E-state index contributed by atoms with van der Waals surface area (Å²) in [7, 11) is 5.63. The quantitative estimate of drug-likeness (QED) is 0.646. The van der Waals surface area contributed by atoms with Crippen molar-refractivity contribution in [3.63, 3.8) is 0 Å². The highest BCUT2D eigenvalue weighted by atomic mass is 16.5. The molecule has 1 unspecified atom stereocenters. The van der Waals surface area contributed by atoms with Gasteiger partial charge in [-0.2, -0.15) is 5.10 Å². The number of hydrogen-bond donors (Lipinski definition) is 0. The molecule has 1 aliphatic heterocycles. The lowest BCUT2D eigenvalue weighted by molar-refractivity contribution is 0.112. The maximum Gasteiger partial charge on any atom is 0.160 e. The zero-order valence-corrected chi connectivity index (χ0v) is 18.6. The Bertz CT molecular complexity index is 789. The number of methoxy groups -OCH3 is 2. The predicted octanol–water partition coefficient (Wildman–Crippen LogP) is 3.37. The van der Waals surface area contributed by atoms with Crippen molar-refractivity contribution in [2.45, 2.75) is 52.2 Å². The molecule has 3 rings (SSSR count). The smallest absolute Gasteiger partial charge is 0.160 e. The van der Waals surface area contributed by atoms with Gasteiger partial charge in [-0.15, -0.1) is 0 Å². The summed E-state index contributed by atoms with van der Waals surface area (Å²) in [6.45, 7) is 9.55. The average molecular weight is 401 g/mol. The fourth-order valence-corrected chi connectivity index (χ4v) is 4.18. The van der Waals surface area contributed by atoms with Gasteiger partial charge >= 0.3 is 0 Å². The Labute approximate surface area is 175 Å². The minimum absolute atomic E-state index is 0.602. The molecule has 6 nitrogen and oxygen atoms in total. The largest absolute Gasteiger partial charge is 0.493 e. The molecule has 1 aromatic carbocycles. The Morgan fingerprint density at radius 1 is 1.21 bits per heavy atom. The van der Waals surface area contributed by atoms with Gasteiger partial charge in [0.2, 0.25) is 0 Å². The molecule has 29 heavy (non-hydrogen) atoms. The van der Waals surface area contributed by atoms with E-state index in [9.17, 15) is 0 Å². The molecule has 0 radical (unpaired) electrons. The summed E-state index contributed by atoms with van der Waals surface area (Å²) >= 11 is 0. The molecule has 1 aliphatic rings. The maximum absolute atomic E-state index is 5.44. The van der Waals surface area contributed by atoms with E-state index in [-0.39, 0.29) is 0 Å². The number of ether oxygens (including phenoxy) is 2. The fraction of sp³-hybridized carbons (Fsp3) is 0.609. The monoisotopic (exact) mass is 400 g/mol. The van der Waals surface area contributed by atoms with Crippen molar-refractivity contribution in [1.82, 2.24) is 19.6 Å². The van der Waals surface area contributed by atoms with E-state index < -0.39 is 0 Å². The van der Waals surface area contributed by atoms with Crippen LogP contribution in [0.4, 0.5) is 0 Å². The summed E-state index contributed by atoms with van der Waals surface area (Å²) in [5.41, 5.74) is 3.81. The Hall–Kier alpha value is -2.05. The summed E-state index contributed by atoms with van der Waals surface area (Å²) in [6, 6.07) is 6.82. The number of benzene rings is 1. The van der Waals surface area contributed by atoms with E-state index in [0.29, 0.717) is 6.04 Å². The second-order valence-electron chi connectivity index (χ2n) is 8.05. The molecule has 160 valence electrons. The lowest BCUT2D eigenvalue weighted by atomic mass is 10.0. The van der Waals surface area contributed by atoms with E-state index in [1.54, 1.807) is 14.2 Å². The molecule has 0 N–H and O–H groups in total. The van der Waals surface area contributed by atoms with Gasteiger partial charge in [0.25, 0.3) is 0 Å². The van der Waals surface area contributed by atoms with Crippen LogP contribution in [0.5, 0.6) is 11.5 Å². The van der Waals surface area contributed by atoms with Crippen LogP contribution in [0.25, 0.3) is 0 Å².